The second-order valence-corrected chi connectivity index (χ2v) is 5.57. The van der Waals surface area contributed by atoms with Crippen molar-refractivity contribution in [3.05, 3.63) is 27.2 Å². The lowest BCUT2D eigenvalue weighted by Crippen LogP contribution is -2.25. The summed E-state index contributed by atoms with van der Waals surface area (Å²) in [6.45, 7) is 6.75. The zero-order valence-electron chi connectivity index (χ0n) is 10.6. The van der Waals surface area contributed by atoms with Crippen molar-refractivity contribution in [2.45, 2.75) is 20.3 Å². The first-order valence-electron chi connectivity index (χ1n) is 6.02. The van der Waals surface area contributed by atoms with Gasteiger partial charge in [-0.05, 0) is 25.1 Å². The highest BCUT2D eigenvalue weighted by atomic mass is 35.5. The summed E-state index contributed by atoms with van der Waals surface area (Å²) in [5.74, 6) is 0.893. The molecular formula is C13H18Cl3NO. The van der Waals surface area contributed by atoms with E-state index in [-0.39, 0.29) is 0 Å². The van der Waals surface area contributed by atoms with E-state index in [4.69, 9.17) is 39.5 Å². The fourth-order valence-electron chi connectivity index (χ4n) is 1.48. The maximum atomic E-state index is 6.04. The molecule has 0 aliphatic rings. The van der Waals surface area contributed by atoms with Crippen molar-refractivity contribution in [1.29, 1.82) is 0 Å². The van der Waals surface area contributed by atoms with E-state index in [1.54, 1.807) is 12.1 Å². The average Bonchev–Trinajstić information content (AvgIpc) is 2.27. The molecule has 1 aromatic rings. The van der Waals surface area contributed by atoms with Gasteiger partial charge in [-0.2, -0.15) is 0 Å². The number of hydrogen-bond acceptors (Lipinski definition) is 2. The Balaban J connectivity index is 2.48. The smallest absolute Gasteiger partial charge is 0.156 e. The second-order valence-electron chi connectivity index (χ2n) is 4.32. The Labute approximate surface area is 124 Å². The average molecular weight is 311 g/mol. The minimum absolute atomic E-state index is 0.388. The molecule has 0 saturated heterocycles. The van der Waals surface area contributed by atoms with E-state index >= 15 is 0 Å². The standard InChI is InChI=1S/C13H18Cl3NO/c1-3-4-17-7-9(2)8-18-13-11(15)5-10(14)6-12(13)16/h5-6,9,17H,3-4,7-8H2,1-2H3. The third kappa shape index (κ3) is 5.23. The molecule has 18 heavy (non-hydrogen) atoms. The molecule has 0 spiro atoms. The van der Waals surface area contributed by atoms with E-state index in [0.717, 1.165) is 19.5 Å². The topological polar surface area (TPSA) is 21.3 Å². The lowest BCUT2D eigenvalue weighted by molar-refractivity contribution is 0.256. The Morgan fingerprint density at radius 2 is 1.83 bits per heavy atom. The van der Waals surface area contributed by atoms with Gasteiger partial charge in [0.2, 0.25) is 0 Å². The fraction of sp³-hybridized carbons (Fsp3) is 0.538. The number of nitrogens with one attached hydrogen (secondary N) is 1. The molecule has 0 radical (unpaired) electrons. The Hall–Kier alpha value is -0.150. The molecule has 2 nitrogen and oxygen atoms in total. The van der Waals surface area contributed by atoms with Crippen LogP contribution in [0.2, 0.25) is 15.1 Å². The van der Waals surface area contributed by atoms with Crippen LogP contribution in [0.4, 0.5) is 0 Å². The van der Waals surface area contributed by atoms with E-state index in [2.05, 4.69) is 19.2 Å². The molecule has 0 aliphatic heterocycles. The normalized spacial score (nSPS) is 12.5. The highest BCUT2D eigenvalue weighted by Gasteiger charge is 2.11. The Bertz CT molecular complexity index is 361. The van der Waals surface area contributed by atoms with Crippen LogP contribution in [0.3, 0.4) is 0 Å². The number of benzene rings is 1. The predicted molar refractivity (Wildman–Crippen MR) is 79.3 cm³/mol. The van der Waals surface area contributed by atoms with Crippen LogP contribution in [0.1, 0.15) is 20.3 Å². The van der Waals surface area contributed by atoms with Crippen molar-refractivity contribution >= 4 is 34.8 Å². The molecule has 0 fully saturated rings. The number of halogens is 3. The van der Waals surface area contributed by atoms with Crippen LogP contribution in [0.15, 0.2) is 12.1 Å². The van der Waals surface area contributed by atoms with Gasteiger partial charge in [-0.25, -0.2) is 0 Å². The van der Waals surface area contributed by atoms with E-state index in [1.165, 1.54) is 0 Å². The molecule has 0 heterocycles. The summed E-state index contributed by atoms with van der Waals surface area (Å²) in [4.78, 5) is 0. The summed E-state index contributed by atoms with van der Waals surface area (Å²) >= 11 is 17.9. The van der Waals surface area contributed by atoms with Crippen LogP contribution in [0.5, 0.6) is 5.75 Å². The summed E-state index contributed by atoms with van der Waals surface area (Å²) in [6.07, 6.45) is 1.13. The van der Waals surface area contributed by atoms with Crippen molar-refractivity contribution in [1.82, 2.24) is 5.32 Å². The fourth-order valence-corrected chi connectivity index (χ4v) is 2.40. The summed E-state index contributed by atoms with van der Waals surface area (Å²) < 4.78 is 5.65. The lowest BCUT2D eigenvalue weighted by Gasteiger charge is -2.15. The molecule has 0 aliphatic carbocycles. The Morgan fingerprint density at radius 3 is 2.39 bits per heavy atom. The molecule has 0 amide bonds. The highest BCUT2D eigenvalue weighted by Crippen LogP contribution is 2.35. The Morgan fingerprint density at radius 1 is 1.22 bits per heavy atom. The van der Waals surface area contributed by atoms with Gasteiger partial charge in [0.05, 0.1) is 16.7 Å². The van der Waals surface area contributed by atoms with Crippen molar-refractivity contribution in [2.75, 3.05) is 19.7 Å². The summed E-state index contributed by atoms with van der Waals surface area (Å²) in [5, 5.41) is 4.74. The molecule has 1 rings (SSSR count). The second kappa shape index (κ2) is 8.11. The minimum atomic E-state index is 0.388. The van der Waals surface area contributed by atoms with Gasteiger partial charge in [-0.15, -0.1) is 0 Å². The maximum absolute atomic E-state index is 6.04. The molecular weight excluding hydrogens is 293 g/mol. The van der Waals surface area contributed by atoms with Gasteiger partial charge >= 0.3 is 0 Å². The maximum Gasteiger partial charge on any atom is 0.156 e. The minimum Gasteiger partial charge on any atom is -0.490 e. The summed E-state index contributed by atoms with van der Waals surface area (Å²) in [6, 6.07) is 3.26. The number of hydrogen-bond donors (Lipinski definition) is 1. The van der Waals surface area contributed by atoms with Crippen molar-refractivity contribution < 1.29 is 4.74 Å². The number of ether oxygens (including phenoxy) is 1. The first kappa shape index (κ1) is 15.9. The van der Waals surface area contributed by atoms with Gasteiger partial charge in [-0.1, -0.05) is 48.7 Å². The van der Waals surface area contributed by atoms with Gasteiger partial charge in [0, 0.05) is 17.5 Å². The number of rotatable bonds is 7. The van der Waals surface area contributed by atoms with Gasteiger partial charge < -0.3 is 10.1 Å². The van der Waals surface area contributed by atoms with Crippen molar-refractivity contribution in [3.63, 3.8) is 0 Å². The first-order valence-corrected chi connectivity index (χ1v) is 7.16. The largest absolute Gasteiger partial charge is 0.490 e. The Kier molecular flexibility index (Phi) is 7.16. The van der Waals surface area contributed by atoms with E-state index in [9.17, 15) is 0 Å². The van der Waals surface area contributed by atoms with Gasteiger partial charge in [0.1, 0.15) is 0 Å². The van der Waals surface area contributed by atoms with Crippen LogP contribution in [-0.4, -0.2) is 19.7 Å². The van der Waals surface area contributed by atoms with Crippen molar-refractivity contribution in [2.24, 2.45) is 5.92 Å². The SMILES string of the molecule is CCCNCC(C)COc1c(Cl)cc(Cl)cc1Cl. The molecule has 1 unspecified atom stereocenters. The van der Waals surface area contributed by atoms with Crippen LogP contribution in [-0.2, 0) is 0 Å². The molecule has 102 valence electrons. The van der Waals surface area contributed by atoms with Gasteiger partial charge in [-0.3, -0.25) is 0 Å². The molecule has 0 saturated carbocycles. The predicted octanol–water partition coefficient (Wildman–Crippen LogP) is 4.66. The lowest BCUT2D eigenvalue weighted by atomic mass is 10.2. The molecule has 1 N–H and O–H groups in total. The highest BCUT2D eigenvalue weighted by molar-refractivity contribution is 6.40. The third-order valence-corrected chi connectivity index (χ3v) is 3.17. The van der Waals surface area contributed by atoms with Gasteiger partial charge in [0.25, 0.3) is 0 Å². The first-order chi connectivity index (χ1) is 8.54. The van der Waals surface area contributed by atoms with Gasteiger partial charge in [0.15, 0.2) is 5.75 Å². The molecule has 1 atom stereocenters. The summed E-state index contributed by atoms with van der Waals surface area (Å²) in [7, 11) is 0. The quantitative estimate of drug-likeness (QED) is 0.739. The third-order valence-electron chi connectivity index (χ3n) is 2.39. The van der Waals surface area contributed by atoms with E-state index < -0.39 is 0 Å². The van der Waals surface area contributed by atoms with Crippen LogP contribution in [0, 0.1) is 5.92 Å². The molecule has 5 heteroatoms. The molecule has 0 bridgehead atoms. The van der Waals surface area contributed by atoms with E-state index in [1.807, 2.05) is 0 Å². The van der Waals surface area contributed by atoms with Crippen molar-refractivity contribution in [3.8, 4) is 5.75 Å². The zero-order valence-corrected chi connectivity index (χ0v) is 12.9. The monoisotopic (exact) mass is 309 g/mol. The van der Waals surface area contributed by atoms with E-state index in [0.29, 0.717) is 33.3 Å². The van der Waals surface area contributed by atoms with Crippen LogP contribution in [0.25, 0.3) is 0 Å². The van der Waals surface area contributed by atoms with Crippen LogP contribution < -0.4 is 10.1 Å². The van der Waals surface area contributed by atoms with Crippen LogP contribution >= 0.6 is 34.8 Å². The molecule has 1 aromatic carbocycles. The summed E-state index contributed by atoms with van der Waals surface area (Å²) in [5.41, 5.74) is 0. The molecule has 0 aromatic heterocycles. The zero-order chi connectivity index (χ0) is 13.5.